The number of fused-ring (bicyclic) bond motifs is 5. The first-order valence-electron chi connectivity index (χ1n) is 14.9. The molecule has 1 aromatic rings. The maximum Gasteiger partial charge on any atom is 0.407 e. The van der Waals surface area contributed by atoms with Crippen molar-refractivity contribution in [3.63, 3.8) is 0 Å². The smallest absolute Gasteiger partial charge is 0.407 e. The second-order valence-corrected chi connectivity index (χ2v) is 13.6. The van der Waals surface area contributed by atoms with E-state index in [-0.39, 0.29) is 52.3 Å². The van der Waals surface area contributed by atoms with Gasteiger partial charge in [0.15, 0.2) is 0 Å². The topological polar surface area (TPSA) is 106 Å². The molecule has 7 heteroatoms. The fourth-order valence-electron chi connectivity index (χ4n) is 9.83. The monoisotopic (exact) mass is 525 g/mol. The van der Waals surface area contributed by atoms with Crippen molar-refractivity contribution in [3.05, 3.63) is 34.4 Å². The van der Waals surface area contributed by atoms with Crippen LogP contribution >= 0.6 is 0 Å². The number of hydrogen-bond acceptors (Lipinski definition) is 6. The molecule has 5 saturated carbocycles. The van der Waals surface area contributed by atoms with Crippen LogP contribution < -0.4 is 10.9 Å². The molecule has 0 unspecified atom stereocenters. The normalized spacial score (nSPS) is 43.0. The molecule has 7 nitrogen and oxygen atoms in total. The number of Topliss-reactive ketones (excluding diaryl/α,β-unsaturated/α-hetero) is 1. The first kappa shape index (κ1) is 26.1. The van der Waals surface area contributed by atoms with Crippen molar-refractivity contribution in [2.75, 3.05) is 0 Å². The summed E-state index contributed by atoms with van der Waals surface area (Å²) in [6.45, 7) is 4.71. The summed E-state index contributed by atoms with van der Waals surface area (Å²) >= 11 is 0. The Morgan fingerprint density at radius 3 is 2.50 bits per heavy atom. The number of aliphatic hydroxyl groups is 1. The summed E-state index contributed by atoms with van der Waals surface area (Å²) in [7, 11) is 0. The highest BCUT2D eigenvalue weighted by molar-refractivity contribution is 5.79. The van der Waals surface area contributed by atoms with Crippen LogP contribution in [0.4, 0.5) is 4.79 Å². The van der Waals surface area contributed by atoms with Gasteiger partial charge in [-0.25, -0.2) is 9.59 Å². The van der Waals surface area contributed by atoms with E-state index in [9.17, 15) is 19.5 Å². The van der Waals surface area contributed by atoms with Crippen LogP contribution in [0.1, 0.15) is 109 Å². The molecular formula is C31H43NO6. The summed E-state index contributed by atoms with van der Waals surface area (Å²) in [5.74, 6) is 1.73. The zero-order valence-corrected chi connectivity index (χ0v) is 22.9. The molecule has 0 spiro atoms. The molecule has 5 aliphatic rings. The largest absolute Gasteiger partial charge is 0.446 e. The molecule has 5 fully saturated rings. The lowest BCUT2D eigenvalue weighted by Gasteiger charge is -2.63. The number of rotatable bonds is 3. The van der Waals surface area contributed by atoms with E-state index >= 15 is 0 Å². The molecule has 2 N–H and O–H groups in total. The molecule has 0 radical (unpaired) electrons. The Morgan fingerprint density at radius 1 is 0.974 bits per heavy atom. The predicted octanol–water partition coefficient (Wildman–Crippen LogP) is 5.49. The van der Waals surface area contributed by atoms with Crippen molar-refractivity contribution in [2.45, 2.75) is 121 Å². The van der Waals surface area contributed by atoms with Gasteiger partial charge < -0.3 is 19.6 Å². The quantitative estimate of drug-likeness (QED) is 0.541. The summed E-state index contributed by atoms with van der Waals surface area (Å²) in [4.78, 5) is 35.7. The summed E-state index contributed by atoms with van der Waals surface area (Å²) < 4.78 is 11.1. The molecule has 208 valence electrons. The molecule has 1 aromatic heterocycles. The summed E-state index contributed by atoms with van der Waals surface area (Å²) in [5, 5.41) is 15.4. The van der Waals surface area contributed by atoms with Crippen LogP contribution in [0.3, 0.4) is 0 Å². The highest BCUT2D eigenvalue weighted by atomic mass is 16.6. The van der Waals surface area contributed by atoms with Crippen molar-refractivity contribution in [1.82, 2.24) is 5.32 Å². The third kappa shape index (κ3) is 4.15. The molecule has 0 bridgehead atoms. The van der Waals surface area contributed by atoms with Crippen LogP contribution in [0, 0.1) is 28.6 Å². The second-order valence-electron chi connectivity index (χ2n) is 13.6. The zero-order chi connectivity index (χ0) is 26.7. The molecule has 5 aliphatic carbocycles. The van der Waals surface area contributed by atoms with Gasteiger partial charge in [0.05, 0.1) is 11.9 Å². The van der Waals surface area contributed by atoms with Crippen molar-refractivity contribution in [2.24, 2.45) is 28.6 Å². The van der Waals surface area contributed by atoms with Gasteiger partial charge >= 0.3 is 11.7 Å². The number of ketones is 1. The SMILES string of the molecule is C[C@]12CC[C@H](OC(=O)NC3CCC(=O)CC3)C[C@H]1CC[C@@H]1[C@@H]2CC[C@]2(C)[C@@H](c3ccc(=O)oc3)CC[C@]12O. The minimum atomic E-state index is -0.709. The van der Waals surface area contributed by atoms with Crippen molar-refractivity contribution in [3.8, 4) is 0 Å². The zero-order valence-electron chi connectivity index (χ0n) is 22.9. The Morgan fingerprint density at radius 2 is 1.76 bits per heavy atom. The number of nitrogens with one attached hydrogen (secondary N) is 1. The van der Waals surface area contributed by atoms with E-state index in [0.717, 1.165) is 63.4 Å². The van der Waals surface area contributed by atoms with E-state index in [0.29, 0.717) is 37.5 Å². The average molecular weight is 526 g/mol. The second kappa shape index (κ2) is 9.50. The minimum absolute atomic E-state index is 0.0453. The summed E-state index contributed by atoms with van der Waals surface area (Å²) in [6.07, 6.45) is 12.4. The predicted molar refractivity (Wildman–Crippen MR) is 142 cm³/mol. The lowest BCUT2D eigenvalue weighted by Crippen LogP contribution is -2.62. The van der Waals surface area contributed by atoms with Crippen LogP contribution in [0.5, 0.6) is 0 Å². The van der Waals surface area contributed by atoms with Gasteiger partial charge in [0.25, 0.3) is 0 Å². The molecule has 6 rings (SSSR count). The highest BCUT2D eigenvalue weighted by Crippen LogP contribution is 2.70. The molecule has 1 amide bonds. The third-order valence-corrected chi connectivity index (χ3v) is 12.1. The van der Waals surface area contributed by atoms with Gasteiger partial charge in [-0.3, -0.25) is 4.79 Å². The van der Waals surface area contributed by atoms with Crippen LogP contribution in [0.15, 0.2) is 27.6 Å². The molecule has 38 heavy (non-hydrogen) atoms. The minimum Gasteiger partial charge on any atom is -0.446 e. The van der Waals surface area contributed by atoms with Crippen LogP contribution in [0.2, 0.25) is 0 Å². The molecule has 8 atom stereocenters. The van der Waals surface area contributed by atoms with Crippen LogP contribution in [0.25, 0.3) is 0 Å². The lowest BCUT2D eigenvalue weighted by molar-refractivity contribution is -0.205. The van der Waals surface area contributed by atoms with Gasteiger partial charge in [-0.15, -0.1) is 0 Å². The Kier molecular flexibility index (Phi) is 6.52. The maximum absolute atomic E-state index is 12.6. The van der Waals surface area contributed by atoms with Crippen molar-refractivity contribution in [1.29, 1.82) is 0 Å². The molecular weight excluding hydrogens is 482 g/mol. The Bertz CT molecular complexity index is 1120. The molecule has 0 aliphatic heterocycles. The Labute approximate surface area is 225 Å². The molecule has 1 heterocycles. The first-order chi connectivity index (χ1) is 18.1. The number of carbonyl (C=O) groups is 2. The lowest BCUT2D eigenvalue weighted by atomic mass is 9.43. The number of amides is 1. The van der Waals surface area contributed by atoms with Crippen molar-refractivity contribution < 1.29 is 23.8 Å². The summed E-state index contributed by atoms with van der Waals surface area (Å²) in [6, 6.07) is 3.44. The average Bonchev–Trinajstić information content (AvgIpc) is 3.17. The van der Waals surface area contributed by atoms with Crippen molar-refractivity contribution >= 4 is 11.9 Å². The van der Waals surface area contributed by atoms with E-state index in [1.807, 2.05) is 6.07 Å². The molecule has 0 aromatic carbocycles. The Hall–Kier alpha value is -2.15. The maximum atomic E-state index is 12.6. The van der Waals surface area contributed by atoms with Crippen LogP contribution in [-0.4, -0.2) is 34.7 Å². The van der Waals surface area contributed by atoms with Gasteiger partial charge in [0.1, 0.15) is 11.9 Å². The number of carbonyl (C=O) groups excluding carboxylic acids is 2. The van der Waals surface area contributed by atoms with E-state index in [1.165, 1.54) is 6.07 Å². The van der Waals surface area contributed by atoms with E-state index < -0.39 is 5.60 Å². The number of hydrogen-bond donors (Lipinski definition) is 2. The summed E-state index contributed by atoms with van der Waals surface area (Å²) in [5.41, 5.74) is -0.0714. The first-order valence-corrected chi connectivity index (χ1v) is 14.9. The third-order valence-electron chi connectivity index (χ3n) is 12.1. The van der Waals surface area contributed by atoms with Gasteiger partial charge in [0.2, 0.25) is 0 Å². The van der Waals surface area contributed by atoms with E-state index in [1.54, 1.807) is 6.26 Å². The van der Waals surface area contributed by atoms with Gasteiger partial charge in [-0.2, -0.15) is 0 Å². The number of ether oxygens (including phenoxy) is 1. The highest BCUT2D eigenvalue weighted by Gasteiger charge is 2.67. The Balaban J connectivity index is 1.12. The van der Waals surface area contributed by atoms with Gasteiger partial charge in [-0.05, 0) is 111 Å². The standard InChI is InChI=1S/C31H43NO6/c1-29-14-11-23(38-28(35)32-21-5-7-22(33)8-6-21)17-20(29)4-9-26-25(29)12-15-30(2)24(13-16-31(26,30)36)19-3-10-27(34)37-18-19/h3,10,18,20-21,23-26,36H,4-9,11-17H2,1-2H3,(H,32,35)/t20-,23+,24-,25+,26-,29+,30-,31+/m1/s1. The fraction of sp³-hybridized carbons (Fsp3) is 0.774. The van der Waals surface area contributed by atoms with Gasteiger partial charge in [0, 0.05) is 30.4 Å². The molecule has 0 saturated heterocycles. The van der Waals surface area contributed by atoms with E-state index in [4.69, 9.17) is 9.15 Å². The van der Waals surface area contributed by atoms with E-state index in [2.05, 4.69) is 19.2 Å². The van der Waals surface area contributed by atoms with Crippen LogP contribution in [-0.2, 0) is 9.53 Å². The van der Waals surface area contributed by atoms with Gasteiger partial charge in [-0.1, -0.05) is 13.8 Å². The fourth-order valence-corrected chi connectivity index (χ4v) is 9.83. The number of alkyl carbamates (subject to hydrolysis) is 1.